The number of ketones is 1. The third-order valence-electron chi connectivity index (χ3n) is 7.89. The first kappa shape index (κ1) is 27.9. The van der Waals surface area contributed by atoms with Crippen LogP contribution in [0.1, 0.15) is 54.0 Å². The second-order valence-corrected chi connectivity index (χ2v) is 10.9. The van der Waals surface area contributed by atoms with Gasteiger partial charge in [0.1, 0.15) is 23.7 Å². The maximum absolute atomic E-state index is 16.3. The molecule has 5 rings (SSSR count). The number of pyridine rings is 1. The lowest BCUT2D eigenvalue weighted by Gasteiger charge is -2.38. The van der Waals surface area contributed by atoms with Gasteiger partial charge in [-0.05, 0) is 56.5 Å². The number of aliphatic hydroxyl groups is 2. The summed E-state index contributed by atoms with van der Waals surface area (Å²) < 4.78 is 16.3. The number of hydrogen-bond donors (Lipinski definition) is 2. The van der Waals surface area contributed by atoms with Gasteiger partial charge < -0.3 is 10.2 Å². The first-order valence-corrected chi connectivity index (χ1v) is 13.2. The van der Waals surface area contributed by atoms with Crippen molar-refractivity contribution in [3.05, 3.63) is 88.0 Å². The van der Waals surface area contributed by atoms with Crippen molar-refractivity contribution in [1.29, 1.82) is 5.26 Å². The molecule has 1 amide bonds. The van der Waals surface area contributed by atoms with E-state index in [4.69, 9.17) is 16.4 Å². The molecule has 2 aromatic carbocycles. The minimum atomic E-state index is -1.99. The molecule has 10 heteroatoms. The van der Waals surface area contributed by atoms with Crippen molar-refractivity contribution >= 4 is 23.3 Å². The minimum Gasteiger partial charge on any atom is -0.393 e. The van der Waals surface area contributed by atoms with E-state index in [2.05, 4.69) is 4.98 Å². The molecule has 3 atom stereocenters. The van der Waals surface area contributed by atoms with Gasteiger partial charge in [-0.1, -0.05) is 41.9 Å². The second-order valence-electron chi connectivity index (χ2n) is 10.5. The highest BCUT2D eigenvalue weighted by Gasteiger charge is 2.59. The average Bonchev–Trinajstić information content (AvgIpc) is 3.69. The molecule has 0 spiro atoms. The first-order chi connectivity index (χ1) is 19.0. The Labute approximate surface area is 235 Å². The molecule has 0 bridgehead atoms. The quantitative estimate of drug-likeness (QED) is 0.397. The standard InChI is InChI=1S/C30H27ClFN3O5/c1-17(36)27(38)30(14-21-4-3-5-22(15-33)34-21)24-11-10-23(19-6-8-20(31)9-7-19)26(32)25(24)28(39)35(30)40-16-29(12-13-29)18(2)37/h3-11,17-18,36-37H,12-14,16H2,1-2H3/t17?,18?,30-/m1/s1. The summed E-state index contributed by atoms with van der Waals surface area (Å²) in [4.78, 5) is 38.2. The van der Waals surface area contributed by atoms with Gasteiger partial charge in [-0.2, -0.15) is 10.3 Å². The normalized spacial score (nSPS) is 20.5. The summed E-state index contributed by atoms with van der Waals surface area (Å²) in [5.74, 6) is -2.55. The number of halogens is 2. The second kappa shape index (κ2) is 10.4. The molecule has 8 nitrogen and oxygen atoms in total. The van der Waals surface area contributed by atoms with E-state index >= 15 is 4.39 Å². The van der Waals surface area contributed by atoms with Gasteiger partial charge in [-0.3, -0.25) is 14.4 Å². The molecule has 3 aromatic rings. The average molecular weight is 564 g/mol. The number of hydrogen-bond acceptors (Lipinski definition) is 7. The van der Waals surface area contributed by atoms with Crippen LogP contribution in [-0.2, 0) is 21.6 Å². The Morgan fingerprint density at radius 2 is 1.88 bits per heavy atom. The molecule has 0 radical (unpaired) electrons. The van der Waals surface area contributed by atoms with Gasteiger partial charge in [-0.15, -0.1) is 0 Å². The highest BCUT2D eigenvalue weighted by Crippen LogP contribution is 2.51. The van der Waals surface area contributed by atoms with Crippen LogP contribution in [0.3, 0.4) is 0 Å². The molecule has 2 aliphatic rings. The zero-order valence-corrected chi connectivity index (χ0v) is 22.7. The van der Waals surface area contributed by atoms with E-state index in [-0.39, 0.29) is 41.1 Å². The Balaban J connectivity index is 1.70. The first-order valence-electron chi connectivity index (χ1n) is 12.9. The van der Waals surface area contributed by atoms with Gasteiger partial charge in [0.25, 0.3) is 5.91 Å². The molecule has 0 saturated heterocycles. The van der Waals surface area contributed by atoms with Crippen LogP contribution in [0.5, 0.6) is 0 Å². The maximum Gasteiger partial charge on any atom is 0.282 e. The topological polar surface area (TPSA) is 124 Å². The zero-order valence-electron chi connectivity index (χ0n) is 21.9. The third kappa shape index (κ3) is 4.57. The van der Waals surface area contributed by atoms with Crippen molar-refractivity contribution in [3.8, 4) is 17.2 Å². The van der Waals surface area contributed by atoms with E-state index in [1.807, 2.05) is 6.07 Å². The van der Waals surface area contributed by atoms with Gasteiger partial charge in [0.05, 0.1) is 18.3 Å². The van der Waals surface area contributed by atoms with E-state index < -0.39 is 40.7 Å². The van der Waals surface area contributed by atoms with Crippen LogP contribution < -0.4 is 0 Å². The summed E-state index contributed by atoms with van der Waals surface area (Å²) in [5, 5.41) is 31.5. The summed E-state index contributed by atoms with van der Waals surface area (Å²) in [6.45, 7) is 2.79. The summed E-state index contributed by atoms with van der Waals surface area (Å²) in [5.41, 5.74) is -2.00. The van der Waals surface area contributed by atoms with E-state index in [1.165, 1.54) is 25.1 Å². The molecular formula is C30H27ClFN3O5. The lowest BCUT2D eigenvalue weighted by Crippen LogP contribution is -2.55. The Morgan fingerprint density at radius 3 is 2.48 bits per heavy atom. The number of rotatable bonds is 9. The van der Waals surface area contributed by atoms with E-state index in [1.54, 1.807) is 43.3 Å². The number of Topliss-reactive ketones (excluding diaryl/α,β-unsaturated/α-hetero) is 1. The van der Waals surface area contributed by atoms with Crippen LogP contribution in [0.4, 0.5) is 4.39 Å². The molecule has 2 unspecified atom stereocenters. The van der Waals surface area contributed by atoms with Crippen LogP contribution in [0.2, 0.25) is 5.02 Å². The van der Waals surface area contributed by atoms with Crippen molar-refractivity contribution in [2.24, 2.45) is 5.41 Å². The van der Waals surface area contributed by atoms with E-state index in [0.29, 0.717) is 23.4 Å². The molecule has 1 aliphatic carbocycles. The van der Waals surface area contributed by atoms with Crippen LogP contribution >= 0.6 is 11.6 Å². The number of hydroxylamine groups is 2. The molecule has 2 heterocycles. The fraction of sp³-hybridized carbons (Fsp3) is 0.333. The molecule has 206 valence electrons. The van der Waals surface area contributed by atoms with Crippen LogP contribution in [0, 0.1) is 22.6 Å². The number of carbonyl (C=O) groups excluding carboxylic acids is 2. The summed E-state index contributed by atoms with van der Waals surface area (Å²) in [6.07, 6.45) is -1.28. The maximum atomic E-state index is 16.3. The SMILES string of the molecule is CC(O)C(=O)[C@@]1(Cc2cccc(C#N)n2)c2ccc(-c3ccc(Cl)cc3)c(F)c2C(=O)N1OCC1(C(C)O)CC1. The lowest BCUT2D eigenvalue weighted by atomic mass is 9.79. The zero-order chi connectivity index (χ0) is 28.8. The van der Waals surface area contributed by atoms with Gasteiger partial charge in [0.2, 0.25) is 0 Å². The number of nitrogens with zero attached hydrogens (tertiary/aromatic N) is 3. The van der Waals surface area contributed by atoms with Crippen molar-refractivity contribution in [1.82, 2.24) is 10.0 Å². The highest BCUT2D eigenvalue weighted by molar-refractivity contribution is 6.30. The Kier molecular flexibility index (Phi) is 7.23. The van der Waals surface area contributed by atoms with Gasteiger partial charge in [0.15, 0.2) is 11.3 Å². The third-order valence-corrected chi connectivity index (χ3v) is 8.14. The molecule has 1 saturated carbocycles. The Hall–Kier alpha value is -3.68. The van der Waals surface area contributed by atoms with Crippen molar-refractivity contribution in [3.63, 3.8) is 0 Å². The van der Waals surface area contributed by atoms with Crippen molar-refractivity contribution < 1.29 is 29.0 Å². The minimum absolute atomic E-state index is 0.0182. The molecule has 1 fully saturated rings. The summed E-state index contributed by atoms with van der Waals surface area (Å²) >= 11 is 6.00. The van der Waals surface area contributed by atoms with Gasteiger partial charge in [-0.25, -0.2) is 9.37 Å². The fourth-order valence-electron chi connectivity index (χ4n) is 5.31. The predicted octanol–water partition coefficient (Wildman–Crippen LogP) is 4.35. The van der Waals surface area contributed by atoms with Crippen molar-refractivity contribution in [2.45, 2.75) is 50.9 Å². The lowest BCUT2D eigenvalue weighted by molar-refractivity contribution is -0.205. The number of carbonyl (C=O) groups is 2. The van der Waals surface area contributed by atoms with Gasteiger partial charge in [0, 0.05) is 33.7 Å². The van der Waals surface area contributed by atoms with Gasteiger partial charge >= 0.3 is 0 Å². The number of nitriles is 1. The van der Waals surface area contributed by atoms with Crippen LogP contribution in [-0.4, -0.2) is 50.8 Å². The van der Waals surface area contributed by atoms with Crippen LogP contribution in [0.15, 0.2) is 54.6 Å². The Morgan fingerprint density at radius 1 is 1.18 bits per heavy atom. The monoisotopic (exact) mass is 563 g/mol. The van der Waals surface area contributed by atoms with E-state index in [0.717, 1.165) is 5.06 Å². The predicted molar refractivity (Wildman–Crippen MR) is 143 cm³/mol. The highest BCUT2D eigenvalue weighted by atomic mass is 35.5. The van der Waals surface area contributed by atoms with Crippen molar-refractivity contribution in [2.75, 3.05) is 6.61 Å². The van der Waals surface area contributed by atoms with Crippen LogP contribution in [0.25, 0.3) is 11.1 Å². The molecule has 40 heavy (non-hydrogen) atoms. The molecular weight excluding hydrogens is 537 g/mol. The number of amides is 1. The largest absolute Gasteiger partial charge is 0.393 e. The number of aliphatic hydroxyl groups excluding tert-OH is 2. The molecule has 1 aromatic heterocycles. The fourth-order valence-corrected chi connectivity index (χ4v) is 5.43. The smallest absolute Gasteiger partial charge is 0.282 e. The number of fused-ring (bicyclic) bond motifs is 1. The number of aromatic nitrogens is 1. The van der Waals surface area contributed by atoms with E-state index in [9.17, 15) is 25.1 Å². The molecule has 2 N–H and O–H groups in total. The summed E-state index contributed by atoms with van der Waals surface area (Å²) in [7, 11) is 0. The summed E-state index contributed by atoms with van der Waals surface area (Å²) in [6, 6.07) is 16.0. The Bertz CT molecular complexity index is 1530. The number of benzene rings is 2. The molecule has 1 aliphatic heterocycles.